The Morgan fingerprint density at radius 3 is 2.46 bits per heavy atom. The maximum absolute atomic E-state index is 12.5. The van der Waals surface area contributed by atoms with E-state index >= 15 is 0 Å². The minimum Gasteiger partial charge on any atom is -0.294 e. The number of rotatable bonds is 2. The third-order valence-corrected chi connectivity index (χ3v) is 6.41. The quantitative estimate of drug-likeness (QED) is 0.620. The predicted molar refractivity (Wildman–Crippen MR) is 102 cm³/mol. The first-order chi connectivity index (χ1) is 11.7. The zero-order chi connectivity index (χ0) is 16.6. The van der Waals surface area contributed by atoms with Crippen LogP contribution in [0.4, 0.5) is 0 Å². The van der Waals surface area contributed by atoms with E-state index in [0.29, 0.717) is 12.3 Å². The highest BCUT2D eigenvalue weighted by molar-refractivity contribution is 9.10. The molecule has 0 spiro atoms. The first kappa shape index (κ1) is 15.6. The average molecular weight is 379 g/mol. The van der Waals surface area contributed by atoms with Crippen LogP contribution in [0.25, 0.3) is 5.57 Å². The van der Waals surface area contributed by atoms with Gasteiger partial charge in [0, 0.05) is 12.0 Å². The van der Waals surface area contributed by atoms with Gasteiger partial charge in [0.05, 0.1) is 4.32 Å². The Hall–Kier alpha value is -1.93. The lowest BCUT2D eigenvalue weighted by molar-refractivity contribution is 0.0941. The second kappa shape index (κ2) is 6.18. The first-order valence-corrected chi connectivity index (χ1v) is 9.20. The SMILES string of the molecule is O=C1CC(C2(Br)C=CC(c3ccccc3)=CC2)Cc2ccccc21. The molecule has 2 aromatic rings. The summed E-state index contributed by atoms with van der Waals surface area (Å²) in [7, 11) is 0. The number of carbonyl (C=O) groups excluding carboxylic acids is 1. The van der Waals surface area contributed by atoms with E-state index < -0.39 is 0 Å². The van der Waals surface area contributed by atoms with Crippen molar-refractivity contribution in [2.75, 3.05) is 0 Å². The van der Waals surface area contributed by atoms with E-state index in [1.54, 1.807) is 0 Å². The van der Waals surface area contributed by atoms with Crippen LogP contribution in [0.2, 0.25) is 0 Å². The van der Waals surface area contributed by atoms with Crippen LogP contribution in [0.3, 0.4) is 0 Å². The lowest BCUT2D eigenvalue weighted by Gasteiger charge is -2.37. The molecular weight excluding hydrogens is 360 g/mol. The number of fused-ring (bicyclic) bond motifs is 1. The summed E-state index contributed by atoms with van der Waals surface area (Å²) < 4.78 is -0.130. The molecule has 120 valence electrons. The molecule has 0 heterocycles. The van der Waals surface area contributed by atoms with Gasteiger partial charge in [-0.25, -0.2) is 0 Å². The number of hydrogen-bond acceptors (Lipinski definition) is 1. The van der Waals surface area contributed by atoms with Crippen LogP contribution in [0.1, 0.15) is 34.3 Å². The fourth-order valence-corrected chi connectivity index (χ4v) is 4.38. The van der Waals surface area contributed by atoms with Gasteiger partial charge >= 0.3 is 0 Å². The molecule has 24 heavy (non-hydrogen) atoms. The summed E-state index contributed by atoms with van der Waals surface area (Å²) in [5.41, 5.74) is 4.59. The smallest absolute Gasteiger partial charge is 0.163 e. The molecule has 0 bridgehead atoms. The Bertz CT molecular complexity index is 834. The summed E-state index contributed by atoms with van der Waals surface area (Å²) in [5.74, 6) is 0.566. The standard InChI is InChI=1S/C22H19BrO/c23-22(12-10-17(11-13-22)16-6-2-1-3-7-16)19-14-18-8-4-5-9-20(18)21(24)15-19/h1-12,19H,13-15H2. The van der Waals surface area contributed by atoms with Crippen molar-refractivity contribution in [3.63, 3.8) is 0 Å². The van der Waals surface area contributed by atoms with Crippen LogP contribution < -0.4 is 0 Å². The number of halogens is 1. The Labute approximate surface area is 151 Å². The molecule has 4 rings (SSSR count). The van der Waals surface area contributed by atoms with Gasteiger partial charge in [-0.3, -0.25) is 4.79 Å². The summed E-state index contributed by atoms with van der Waals surface area (Å²) in [6.45, 7) is 0. The van der Waals surface area contributed by atoms with E-state index in [1.807, 2.05) is 24.3 Å². The molecule has 0 N–H and O–H groups in total. The van der Waals surface area contributed by atoms with Crippen molar-refractivity contribution in [2.45, 2.75) is 23.6 Å². The molecule has 0 amide bonds. The maximum atomic E-state index is 12.5. The Morgan fingerprint density at radius 1 is 0.958 bits per heavy atom. The molecule has 0 fully saturated rings. The molecule has 2 unspecified atom stereocenters. The van der Waals surface area contributed by atoms with Crippen LogP contribution in [-0.4, -0.2) is 10.1 Å². The number of Topliss-reactive ketones (excluding diaryl/α,β-unsaturated/α-hetero) is 1. The van der Waals surface area contributed by atoms with Crippen LogP contribution in [0, 0.1) is 5.92 Å². The Kier molecular flexibility index (Phi) is 4.01. The molecule has 0 saturated carbocycles. The van der Waals surface area contributed by atoms with Gasteiger partial charge < -0.3 is 0 Å². The number of hydrogen-bond donors (Lipinski definition) is 0. The van der Waals surface area contributed by atoms with Gasteiger partial charge in [-0.1, -0.05) is 88.8 Å². The fourth-order valence-electron chi connectivity index (χ4n) is 3.76. The normalized spacial score (nSPS) is 26.0. The van der Waals surface area contributed by atoms with E-state index in [2.05, 4.69) is 64.5 Å². The number of carbonyl (C=O) groups is 1. The molecule has 0 aliphatic heterocycles. The van der Waals surface area contributed by atoms with Gasteiger partial charge in [-0.15, -0.1) is 0 Å². The van der Waals surface area contributed by atoms with Gasteiger partial charge in [0.2, 0.25) is 0 Å². The van der Waals surface area contributed by atoms with Crippen LogP contribution in [-0.2, 0) is 6.42 Å². The highest BCUT2D eigenvalue weighted by Gasteiger charge is 2.39. The topological polar surface area (TPSA) is 17.1 Å². The summed E-state index contributed by atoms with van der Waals surface area (Å²) in [6, 6.07) is 18.5. The van der Waals surface area contributed by atoms with Crippen molar-refractivity contribution in [1.82, 2.24) is 0 Å². The second-order valence-electron chi connectivity index (χ2n) is 6.68. The van der Waals surface area contributed by atoms with Crippen molar-refractivity contribution in [2.24, 2.45) is 5.92 Å². The molecule has 0 radical (unpaired) electrons. The summed E-state index contributed by atoms with van der Waals surface area (Å²) in [6.07, 6.45) is 9.20. The third kappa shape index (κ3) is 2.80. The molecule has 0 saturated heterocycles. The van der Waals surface area contributed by atoms with E-state index in [1.165, 1.54) is 16.7 Å². The summed E-state index contributed by atoms with van der Waals surface area (Å²) in [4.78, 5) is 12.5. The number of ketones is 1. The average Bonchev–Trinajstić information content (AvgIpc) is 2.63. The van der Waals surface area contributed by atoms with Crippen LogP contribution in [0.5, 0.6) is 0 Å². The van der Waals surface area contributed by atoms with Gasteiger partial charge in [0.15, 0.2) is 5.78 Å². The largest absolute Gasteiger partial charge is 0.294 e. The van der Waals surface area contributed by atoms with Crippen molar-refractivity contribution in [3.05, 3.63) is 89.5 Å². The molecule has 1 nitrogen and oxygen atoms in total. The van der Waals surface area contributed by atoms with Crippen molar-refractivity contribution >= 4 is 27.3 Å². The molecule has 2 aliphatic rings. The van der Waals surface area contributed by atoms with Gasteiger partial charge in [0.1, 0.15) is 0 Å². The lowest BCUT2D eigenvalue weighted by Crippen LogP contribution is -2.36. The molecular formula is C22H19BrO. The van der Waals surface area contributed by atoms with E-state index in [9.17, 15) is 4.79 Å². The minimum absolute atomic E-state index is 0.130. The van der Waals surface area contributed by atoms with Crippen molar-refractivity contribution in [3.8, 4) is 0 Å². The maximum Gasteiger partial charge on any atom is 0.163 e. The fraction of sp³-hybridized carbons (Fsp3) is 0.227. The van der Waals surface area contributed by atoms with E-state index in [4.69, 9.17) is 0 Å². The first-order valence-electron chi connectivity index (χ1n) is 8.40. The van der Waals surface area contributed by atoms with Crippen molar-refractivity contribution < 1.29 is 4.79 Å². The minimum atomic E-state index is -0.130. The molecule has 2 atom stereocenters. The van der Waals surface area contributed by atoms with Gasteiger partial charge in [-0.05, 0) is 35.5 Å². The van der Waals surface area contributed by atoms with Crippen LogP contribution in [0.15, 0.2) is 72.8 Å². The molecule has 2 aliphatic carbocycles. The lowest BCUT2D eigenvalue weighted by atomic mass is 9.73. The van der Waals surface area contributed by atoms with Crippen LogP contribution >= 0.6 is 15.9 Å². The van der Waals surface area contributed by atoms with E-state index in [-0.39, 0.29) is 10.1 Å². The van der Waals surface area contributed by atoms with Gasteiger partial charge in [0.25, 0.3) is 0 Å². The number of allylic oxidation sites excluding steroid dienone is 4. The second-order valence-corrected chi connectivity index (χ2v) is 8.15. The van der Waals surface area contributed by atoms with Crippen molar-refractivity contribution in [1.29, 1.82) is 0 Å². The monoisotopic (exact) mass is 378 g/mol. The zero-order valence-electron chi connectivity index (χ0n) is 13.4. The number of benzene rings is 2. The summed E-state index contributed by atoms with van der Waals surface area (Å²) in [5, 5.41) is 0. The highest BCUT2D eigenvalue weighted by atomic mass is 79.9. The van der Waals surface area contributed by atoms with Gasteiger partial charge in [-0.2, -0.15) is 0 Å². The predicted octanol–water partition coefficient (Wildman–Crippen LogP) is 5.61. The zero-order valence-corrected chi connectivity index (χ0v) is 15.0. The molecule has 0 aromatic heterocycles. The highest BCUT2D eigenvalue weighted by Crippen LogP contribution is 2.44. The van der Waals surface area contributed by atoms with E-state index in [0.717, 1.165) is 18.4 Å². The molecule has 2 heteroatoms. The number of alkyl halides is 1. The Balaban J connectivity index is 1.57. The third-order valence-electron chi connectivity index (χ3n) is 5.18. The summed E-state index contributed by atoms with van der Waals surface area (Å²) >= 11 is 3.95. The Morgan fingerprint density at radius 2 is 1.71 bits per heavy atom. The molecule has 2 aromatic carbocycles.